The maximum atomic E-state index is 6.33. The molecule has 1 saturated carbocycles. The first-order valence-electron chi connectivity index (χ1n) is 7.77. The van der Waals surface area contributed by atoms with Crippen molar-refractivity contribution in [3.63, 3.8) is 0 Å². The number of halogens is 2. The van der Waals surface area contributed by atoms with E-state index in [0.29, 0.717) is 12.0 Å². The second-order valence-corrected chi connectivity index (χ2v) is 7.02. The summed E-state index contributed by atoms with van der Waals surface area (Å²) in [5, 5.41) is 5.25. The molecular weight excluding hydrogens is 289 g/mol. The van der Waals surface area contributed by atoms with Crippen LogP contribution in [0.1, 0.15) is 45.1 Å². The molecule has 0 saturated heterocycles. The Labute approximate surface area is 133 Å². The molecule has 2 rings (SSSR count). The third-order valence-corrected chi connectivity index (χ3v) is 4.99. The highest BCUT2D eigenvalue weighted by Crippen LogP contribution is 2.33. The monoisotopic (exact) mass is 313 g/mol. The van der Waals surface area contributed by atoms with Crippen LogP contribution >= 0.6 is 23.2 Å². The van der Waals surface area contributed by atoms with Crippen molar-refractivity contribution in [3.8, 4) is 0 Å². The van der Waals surface area contributed by atoms with E-state index in [4.69, 9.17) is 23.2 Å². The van der Waals surface area contributed by atoms with Gasteiger partial charge in [0.15, 0.2) is 0 Å². The summed E-state index contributed by atoms with van der Waals surface area (Å²) in [5.41, 5.74) is 1.23. The maximum Gasteiger partial charge on any atom is 0.0452 e. The summed E-state index contributed by atoms with van der Waals surface area (Å²) in [6.45, 7) is 5.71. The molecule has 0 radical (unpaired) electrons. The zero-order chi connectivity index (χ0) is 14.5. The molecule has 20 heavy (non-hydrogen) atoms. The predicted molar refractivity (Wildman–Crippen MR) is 88.8 cm³/mol. The molecule has 1 nitrogen and oxygen atoms in total. The SMILES string of the molecule is CCCNC1CCC(C)CC1Cc1ccc(Cl)cc1Cl. The number of nitrogens with one attached hydrogen (secondary N) is 1. The molecule has 1 aliphatic carbocycles. The Hall–Kier alpha value is -0.240. The molecule has 0 spiro atoms. The van der Waals surface area contributed by atoms with Gasteiger partial charge in [0.05, 0.1) is 0 Å². The van der Waals surface area contributed by atoms with Crippen molar-refractivity contribution < 1.29 is 0 Å². The summed E-state index contributed by atoms with van der Waals surface area (Å²) in [6.07, 6.45) is 6.17. The first kappa shape index (κ1) is 16.1. The molecule has 1 aromatic carbocycles. The Morgan fingerprint density at radius 3 is 2.75 bits per heavy atom. The second-order valence-electron chi connectivity index (χ2n) is 6.18. The van der Waals surface area contributed by atoms with E-state index in [1.807, 2.05) is 12.1 Å². The third kappa shape index (κ3) is 4.38. The van der Waals surface area contributed by atoms with Gasteiger partial charge in [0.1, 0.15) is 0 Å². The molecule has 0 aromatic heterocycles. The first-order chi connectivity index (χ1) is 9.60. The largest absolute Gasteiger partial charge is 0.314 e. The van der Waals surface area contributed by atoms with Crippen LogP contribution in [0.25, 0.3) is 0 Å². The smallest absolute Gasteiger partial charge is 0.0452 e. The normalized spacial score (nSPS) is 26.7. The van der Waals surface area contributed by atoms with Crippen LogP contribution in [0, 0.1) is 11.8 Å². The van der Waals surface area contributed by atoms with Gasteiger partial charge in [0, 0.05) is 16.1 Å². The zero-order valence-electron chi connectivity index (χ0n) is 12.5. The molecule has 1 aliphatic rings. The van der Waals surface area contributed by atoms with Crippen LogP contribution in [-0.2, 0) is 6.42 Å². The molecule has 0 aliphatic heterocycles. The molecular formula is C17H25Cl2N. The fraction of sp³-hybridized carbons (Fsp3) is 0.647. The first-order valence-corrected chi connectivity index (χ1v) is 8.53. The number of hydrogen-bond acceptors (Lipinski definition) is 1. The Kier molecular flexibility index (Phi) is 6.20. The van der Waals surface area contributed by atoms with Gasteiger partial charge in [-0.1, -0.05) is 43.1 Å². The summed E-state index contributed by atoms with van der Waals surface area (Å²) >= 11 is 12.3. The third-order valence-electron chi connectivity index (χ3n) is 4.40. The molecule has 0 bridgehead atoms. The predicted octanol–water partition coefficient (Wildman–Crippen LogP) is 5.34. The zero-order valence-corrected chi connectivity index (χ0v) is 14.0. The van der Waals surface area contributed by atoms with Gasteiger partial charge in [0.25, 0.3) is 0 Å². The van der Waals surface area contributed by atoms with E-state index in [1.54, 1.807) is 0 Å². The van der Waals surface area contributed by atoms with E-state index in [1.165, 1.54) is 31.2 Å². The van der Waals surface area contributed by atoms with E-state index in [0.717, 1.165) is 28.9 Å². The van der Waals surface area contributed by atoms with Gasteiger partial charge < -0.3 is 5.32 Å². The van der Waals surface area contributed by atoms with Crippen molar-refractivity contribution in [1.82, 2.24) is 5.32 Å². The van der Waals surface area contributed by atoms with Crippen LogP contribution in [0.2, 0.25) is 10.0 Å². The fourth-order valence-electron chi connectivity index (χ4n) is 3.29. The van der Waals surface area contributed by atoms with E-state index < -0.39 is 0 Å². The van der Waals surface area contributed by atoms with Gasteiger partial charge in [0.2, 0.25) is 0 Å². The minimum atomic E-state index is 0.637. The maximum absolute atomic E-state index is 6.33. The molecule has 112 valence electrons. The van der Waals surface area contributed by atoms with Crippen molar-refractivity contribution in [2.45, 2.75) is 52.0 Å². The van der Waals surface area contributed by atoms with Crippen LogP contribution in [0.3, 0.4) is 0 Å². The molecule has 1 aromatic rings. The number of rotatable bonds is 5. The van der Waals surface area contributed by atoms with Crippen molar-refractivity contribution >= 4 is 23.2 Å². The highest BCUT2D eigenvalue weighted by molar-refractivity contribution is 6.35. The molecule has 1 fully saturated rings. The molecule has 3 atom stereocenters. The van der Waals surface area contributed by atoms with Crippen LogP contribution in [-0.4, -0.2) is 12.6 Å². The van der Waals surface area contributed by atoms with Crippen LogP contribution in [0.5, 0.6) is 0 Å². The van der Waals surface area contributed by atoms with Crippen LogP contribution in [0.15, 0.2) is 18.2 Å². The molecule has 1 N–H and O–H groups in total. The quantitative estimate of drug-likeness (QED) is 0.773. The van der Waals surface area contributed by atoms with Gasteiger partial charge in [-0.15, -0.1) is 0 Å². The summed E-state index contributed by atoms with van der Waals surface area (Å²) < 4.78 is 0. The summed E-state index contributed by atoms with van der Waals surface area (Å²) in [4.78, 5) is 0. The van der Waals surface area contributed by atoms with Gasteiger partial charge >= 0.3 is 0 Å². The summed E-state index contributed by atoms with van der Waals surface area (Å²) in [7, 11) is 0. The van der Waals surface area contributed by atoms with Crippen molar-refractivity contribution in [1.29, 1.82) is 0 Å². The lowest BCUT2D eigenvalue weighted by Crippen LogP contribution is -2.41. The van der Waals surface area contributed by atoms with Gasteiger partial charge in [-0.05, 0) is 68.2 Å². The molecule has 3 heteroatoms. The minimum absolute atomic E-state index is 0.637. The van der Waals surface area contributed by atoms with Crippen LogP contribution in [0.4, 0.5) is 0 Å². The standard InChI is InChI=1S/C17H25Cl2N/c1-3-8-20-17-7-4-12(2)9-14(17)10-13-5-6-15(18)11-16(13)19/h5-6,11-12,14,17,20H,3-4,7-10H2,1-2H3. The lowest BCUT2D eigenvalue weighted by atomic mass is 9.76. The van der Waals surface area contributed by atoms with Crippen molar-refractivity contribution in [3.05, 3.63) is 33.8 Å². The van der Waals surface area contributed by atoms with Crippen molar-refractivity contribution in [2.75, 3.05) is 6.54 Å². The minimum Gasteiger partial charge on any atom is -0.314 e. The van der Waals surface area contributed by atoms with Crippen molar-refractivity contribution in [2.24, 2.45) is 11.8 Å². The highest BCUT2D eigenvalue weighted by Gasteiger charge is 2.28. The topological polar surface area (TPSA) is 12.0 Å². The van der Waals surface area contributed by atoms with Gasteiger partial charge in [-0.2, -0.15) is 0 Å². The van der Waals surface area contributed by atoms with E-state index in [2.05, 4.69) is 25.2 Å². The molecule has 0 heterocycles. The fourth-order valence-corrected chi connectivity index (χ4v) is 3.78. The average molecular weight is 314 g/mol. The molecule has 3 unspecified atom stereocenters. The average Bonchev–Trinajstić information content (AvgIpc) is 2.41. The Morgan fingerprint density at radius 2 is 2.05 bits per heavy atom. The second kappa shape index (κ2) is 7.68. The lowest BCUT2D eigenvalue weighted by molar-refractivity contribution is 0.212. The number of benzene rings is 1. The summed E-state index contributed by atoms with van der Waals surface area (Å²) in [5.74, 6) is 1.51. The Balaban J connectivity index is 2.06. The van der Waals surface area contributed by atoms with E-state index in [9.17, 15) is 0 Å². The van der Waals surface area contributed by atoms with Gasteiger partial charge in [-0.25, -0.2) is 0 Å². The lowest BCUT2D eigenvalue weighted by Gasteiger charge is -2.36. The van der Waals surface area contributed by atoms with Crippen LogP contribution < -0.4 is 5.32 Å². The van der Waals surface area contributed by atoms with E-state index in [-0.39, 0.29) is 0 Å². The highest BCUT2D eigenvalue weighted by atomic mass is 35.5. The van der Waals surface area contributed by atoms with Gasteiger partial charge in [-0.3, -0.25) is 0 Å². The molecule has 0 amide bonds. The summed E-state index contributed by atoms with van der Waals surface area (Å²) in [6, 6.07) is 6.53. The Bertz CT molecular complexity index is 431. The van der Waals surface area contributed by atoms with E-state index >= 15 is 0 Å². The number of hydrogen-bond donors (Lipinski definition) is 1. The Morgan fingerprint density at radius 1 is 1.25 bits per heavy atom.